The fourth-order valence-electron chi connectivity index (χ4n) is 3.59. The van der Waals surface area contributed by atoms with E-state index in [1.165, 1.54) is 39.4 Å². The zero-order chi connectivity index (χ0) is 27.7. The molecule has 3 amide bonds. The van der Waals surface area contributed by atoms with Gasteiger partial charge < -0.3 is 10.1 Å². The Labute approximate surface area is 224 Å². The summed E-state index contributed by atoms with van der Waals surface area (Å²) in [6, 6.07) is 5.48. The first kappa shape index (κ1) is 27.7. The number of pyridine rings is 1. The number of likely N-dealkylation sites (N-methyl/N-ethyl adjacent to an activating group) is 1. The van der Waals surface area contributed by atoms with E-state index < -0.39 is 27.4 Å². The topological polar surface area (TPSA) is 147 Å². The normalized spacial score (nSPS) is 16.4. The summed E-state index contributed by atoms with van der Waals surface area (Å²) in [6.07, 6.45) is 2.13. The monoisotopic (exact) mass is 594 g/mol. The number of nitro groups is 1. The molecule has 1 N–H and O–H groups in total. The molecule has 13 nitrogen and oxygen atoms in total. The minimum absolute atomic E-state index is 0.00769. The number of hydrogen-bond acceptors (Lipinski definition) is 8. The second kappa shape index (κ2) is 10.6. The van der Waals surface area contributed by atoms with Gasteiger partial charge in [-0.05, 0) is 40.5 Å². The third kappa shape index (κ3) is 5.30. The molecule has 0 fully saturated rings. The highest BCUT2D eigenvalue weighted by Crippen LogP contribution is 2.37. The number of amides is 3. The summed E-state index contributed by atoms with van der Waals surface area (Å²) in [4.78, 5) is 53.9. The lowest BCUT2D eigenvalue weighted by Crippen LogP contribution is -2.45. The zero-order valence-electron chi connectivity index (χ0n) is 20.4. The Hall–Kier alpha value is -3.88. The molecule has 2 aromatic rings. The Morgan fingerprint density at radius 1 is 1.24 bits per heavy atom. The van der Waals surface area contributed by atoms with Gasteiger partial charge in [-0.2, -0.15) is 0 Å². The number of methoxy groups -OCH3 is 1. The number of allylic oxidation sites excluding steroid dienone is 1. The largest absolute Gasteiger partial charge is 0.452 e. The van der Waals surface area contributed by atoms with Crippen molar-refractivity contribution in [1.29, 1.82) is 0 Å². The fraction of sp³-hybridized carbons (Fsp3) is 0.227. The first-order chi connectivity index (χ1) is 17.3. The van der Waals surface area contributed by atoms with Crippen LogP contribution in [0.3, 0.4) is 0 Å². The van der Waals surface area contributed by atoms with Crippen molar-refractivity contribution in [2.45, 2.75) is 6.92 Å². The lowest BCUT2D eigenvalue weighted by atomic mass is 10.0. The zero-order valence-corrected chi connectivity index (χ0v) is 22.7. The molecule has 2 heterocycles. The van der Waals surface area contributed by atoms with Gasteiger partial charge in [-0.15, -0.1) is 4.59 Å². The molecular weight excluding hydrogens is 574 g/mol. The Morgan fingerprint density at radius 3 is 2.51 bits per heavy atom. The average Bonchev–Trinajstić information content (AvgIpc) is 3.17. The smallest absolute Gasteiger partial charge is 0.428 e. The molecule has 1 aliphatic rings. The number of hydrazine groups is 1. The first-order valence-electron chi connectivity index (χ1n) is 10.5. The standard InChI is InChI=1S/C22H21BrClN7O6/c1-12-9-13(30(35)36)10-14(21(33)28(2)29(3)22(34)37-5)18(12)26-20(32)16-11-17(23)27-31(16,4)19-15(24)7-6-8-25-19/h6-11H,1-5H3/p+1. The second-order valence-electron chi connectivity index (χ2n) is 7.94. The molecule has 0 aliphatic carbocycles. The van der Waals surface area contributed by atoms with E-state index >= 15 is 0 Å². The summed E-state index contributed by atoms with van der Waals surface area (Å²) < 4.78 is 4.53. The molecular formula is C22H22BrClN7O6+. The van der Waals surface area contributed by atoms with Gasteiger partial charge in [0.05, 0.1) is 23.3 Å². The summed E-state index contributed by atoms with van der Waals surface area (Å²) in [6.45, 7) is 1.50. The van der Waals surface area contributed by atoms with E-state index in [0.717, 1.165) is 23.2 Å². The van der Waals surface area contributed by atoms with E-state index in [2.05, 4.69) is 36.1 Å². The summed E-state index contributed by atoms with van der Waals surface area (Å²) in [5.41, 5.74) is -0.248. The van der Waals surface area contributed by atoms with Crippen molar-refractivity contribution in [2.24, 2.45) is 5.10 Å². The average molecular weight is 596 g/mol. The molecule has 15 heteroatoms. The van der Waals surface area contributed by atoms with Gasteiger partial charge in [0.1, 0.15) is 12.1 Å². The van der Waals surface area contributed by atoms with E-state index in [9.17, 15) is 24.5 Å². The first-order valence-corrected chi connectivity index (χ1v) is 11.6. The maximum Gasteiger partial charge on any atom is 0.428 e. The number of carbonyl (C=O) groups is 3. The van der Waals surface area contributed by atoms with Crippen LogP contribution in [0.1, 0.15) is 15.9 Å². The summed E-state index contributed by atoms with van der Waals surface area (Å²) >= 11 is 9.62. The highest BCUT2D eigenvalue weighted by Gasteiger charge is 2.44. The number of quaternary nitrogens is 1. The van der Waals surface area contributed by atoms with Crippen LogP contribution >= 0.6 is 27.5 Å². The molecule has 37 heavy (non-hydrogen) atoms. The predicted molar refractivity (Wildman–Crippen MR) is 140 cm³/mol. The minimum Gasteiger partial charge on any atom is -0.452 e. The van der Waals surface area contributed by atoms with E-state index in [0.29, 0.717) is 4.62 Å². The number of aromatic nitrogens is 1. The number of nitrogens with zero attached hydrogens (tertiary/aromatic N) is 6. The van der Waals surface area contributed by atoms with Gasteiger partial charge in [0.2, 0.25) is 5.70 Å². The van der Waals surface area contributed by atoms with Gasteiger partial charge >= 0.3 is 12.0 Å². The number of carbonyl (C=O) groups excluding carboxylic acids is 3. The van der Waals surface area contributed by atoms with E-state index in [1.54, 1.807) is 19.2 Å². The number of anilines is 1. The highest BCUT2D eigenvalue weighted by molar-refractivity contribution is 9.18. The van der Waals surface area contributed by atoms with Crippen molar-refractivity contribution in [3.8, 4) is 0 Å². The lowest BCUT2D eigenvalue weighted by Gasteiger charge is -2.28. The maximum absolute atomic E-state index is 13.6. The van der Waals surface area contributed by atoms with Crippen LogP contribution in [-0.2, 0) is 9.53 Å². The Morgan fingerprint density at radius 2 is 1.92 bits per heavy atom. The molecule has 3 rings (SSSR count). The summed E-state index contributed by atoms with van der Waals surface area (Å²) in [5.74, 6) is -1.20. The molecule has 0 radical (unpaired) electrons. The third-order valence-electron chi connectivity index (χ3n) is 5.59. The minimum atomic E-state index is -0.845. The van der Waals surface area contributed by atoms with Gasteiger partial charge in [-0.3, -0.25) is 19.7 Å². The molecule has 0 saturated heterocycles. The molecule has 194 valence electrons. The van der Waals surface area contributed by atoms with Crippen molar-refractivity contribution in [3.05, 3.63) is 68.5 Å². The number of ether oxygens (including phenoxy) is 1. The number of halogens is 2. The van der Waals surface area contributed by atoms with Crippen molar-refractivity contribution < 1.29 is 24.0 Å². The number of non-ortho nitro benzene ring substituents is 1. The van der Waals surface area contributed by atoms with Gasteiger partial charge in [-0.1, -0.05) is 16.7 Å². The van der Waals surface area contributed by atoms with Crippen molar-refractivity contribution in [2.75, 3.05) is 33.6 Å². The fourth-order valence-corrected chi connectivity index (χ4v) is 4.41. The number of aryl methyl sites for hydroxylation is 1. The second-order valence-corrected chi connectivity index (χ2v) is 9.16. The van der Waals surface area contributed by atoms with Crippen LogP contribution < -0.4 is 9.91 Å². The van der Waals surface area contributed by atoms with Crippen LogP contribution in [0.5, 0.6) is 0 Å². The third-order valence-corrected chi connectivity index (χ3v) is 6.27. The molecule has 1 aromatic carbocycles. The SMILES string of the molecule is COC(=O)N(C)N(C)C(=O)c1cc([N+](=O)[O-])cc(C)c1NC(=O)C1=CC(Br)=N[N+]1(C)c1ncccc1Cl. The molecule has 1 aromatic heterocycles. The van der Waals surface area contributed by atoms with Crippen LogP contribution in [-0.4, -0.2) is 70.7 Å². The van der Waals surface area contributed by atoms with E-state index in [4.69, 9.17) is 11.6 Å². The molecule has 0 bridgehead atoms. The molecule has 0 saturated carbocycles. The number of nitrogens with one attached hydrogen (secondary N) is 1. The summed E-state index contributed by atoms with van der Waals surface area (Å²) in [5, 5.41) is 20.7. The Kier molecular flexibility index (Phi) is 7.95. The summed E-state index contributed by atoms with van der Waals surface area (Å²) in [7, 11) is 5.30. The van der Waals surface area contributed by atoms with Gasteiger partial charge in [0.15, 0.2) is 4.62 Å². The Bertz CT molecular complexity index is 1380. The van der Waals surface area contributed by atoms with Crippen LogP contribution in [0, 0.1) is 17.0 Å². The number of benzene rings is 1. The molecule has 1 atom stereocenters. The van der Waals surface area contributed by atoms with E-state index in [1.807, 2.05) is 0 Å². The van der Waals surface area contributed by atoms with Crippen LogP contribution in [0.2, 0.25) is 5.02 Å². The molecule has 0 spiro atoms. The number of rotatable bonds is 5. The maximum atomic E-state index is 13.6. The number of hydrogen-bond donors (Lipinski definition) is 1. The van der Waals surface area contributed by atoms with Crippen LogP contribution in [0.15, 0.2) is 47.3 Å². The lowest BCUT2D eigenvalue weighted by molar-refractivity contribution is -0.384. The van der Waals surface area contributed by atoms with Crippen molar-refractivity contribution in [3.63, 3.8) is 0 Å². The van der Waals surface area contributed by atoms with Gasteiger partial charge in [0, 0.05) is 38.5 Å². The highest BCUT2D eigenvalue weighted by atomic mass is 79.9. The molecule has 1 unspecified atom stereocenters. The van der Waals surface area contributed by atoms with Gasteiger partial charge in [-0.25, -0.2) is 19.8 Å². The van der Waals surface area contributed by atoms with Crippen molar-refractivity contribution >= 4 is 67.3 Å². The predicted octanol–water partition coefficient (Wildman–Crippen LogP) is 3.82. The Balaban J connectivity index is 2.07. The van der Waals surface area contributed by atoms with Crippen LogP contribution in [0.4, 0.5) is 22.0 Å². The number of nitro benzene ring substituents is 1. The van der Waals surface area contributed by atoms with Crippen molar-refractivity contribution in [1.82, 2.24) is 19.6 Å². The van der Waals surface area contributed by atoms with Gasteiger partial charge in [0.25, 0.3) is 17.4 Å². The quantitative estimate of drug-likeness (QED) is 0.314. The van der Waals surface area contributed by atoms with Crippen LogP contribution in [0.25, 0.3) is 0 Å². The molecule has 1 aliphatic heterocycles. The van der Waals surface area contributed by atoms with E-state index in [-0.39, 0.29) is 39.0 Å².